The van der Waals surface area contributed by atoms with Gasteiger partial charge in [0, 0.05) is 26.7 Å². The molecular formula is C7H14ClN. The largest absolute Gasteiger partial charge is 1.00 e. The molecule has 0 N–H and O–H groups in total. The highest BCUT2D eigenvalue weighted by molar-refractivity contribution is 5.73. The van der Waals surface area contributed by atoms with Gasteiger partial charge in [-0.05, 0) is 0 Å². The van der Waals surface area contributed by atoms with Crippen molar-refractivity contribution >= 4 is 5.71 Å². The maximum atomic E-state index is 2.44. The van der Waals surface area contributed by atoms with E-state index in [1.54, 1.807) is 0 Å². The average Bonchev–Trinajstić information content (AvgIpc) is 2.12. The Kier molecular flexibility index (Phi) is 3.87. The summed E-state index contributed by atoms with van der Waals surface area (Å²) in [4.78, 5) is 0. The SMILES string of the molecule is CC(C)=[N+]1CCCC1.[Cl-]. The van der Waals surface area contributed by atoms with Crippen LogP contribution in [0.4, 0.5) is 0 Å². The molecule has 1 nitrogen and oxygen atoms in total. The van der Waals surface area contributed by atoms with Gasteiger partial charge in [0.25, 0.3) is 0 Å². The zero-order valence-electron chi connectivity index (χ0n) is 6.15. The van der Waals surface area contributed by atoms with Crippen molar-refractivity contribution in [1.82, 2.24) is 0 Å². The first-order valence-electron chi connectivity index (χ1n) is 3.36. The van der Waals surface area contributed by atoms with E-state index in [2.05, 4.69) is 18.4 Å². The Morgan fingerprint density at radius 2 is 1.56 bits per heavy atom. The number of rotatable bonds is 0. The van der Waals surface area contributed by atoms with Gasteiger partial charge in [-0.15, -0.1) is 0 Å². The predicted octanol–water partition coefficient (Wildman–Crippen LogP) is -1.72. The van der Waals surface area contributed by atoms with Gasteiger partial charge in [-0.3, -0.25) is 0 Å². The maximum absolute atomic E-state index is 2.44. The molecule has 0 bridgehead atoms. The molecule has 0 aliphatic carbocycles. The lowest BCUT2D eigenvalue weighted by molar-refractivity contribution is -0.506. The molecule has 0 amide bonds. The van der Waals surface area contributed by atoms with Crippen LogP contribution in [0.1, 0.15) is 26.7 Å². The van der Waals surface area contributed by atoms with Crippen molar-refractivity contribution in [1.29, 1.82) is 0 Å². The van der Waals surface area contributed by atoms with Crippen LogP contribution in [0, 0.1) is 0 Å². The summed E-state index contributed by atoms with van der Waals surface area (Å²) in [5.74, 6) is 0. The van der Waals surface area contributed by atoms with Crippen molar-refractivity contribution in [2.75, 3.05) is 13.1 Å². The van der Waals surface area contributed by atoms with Gasteiger partial charge in [0.1, 0.15) is 18.8 Å². The molecule has 0 atom stereocenters. The van der Waals surface area contributed by atoms with Crippen LogP contribution in [0.25, 0.3) is 0 Å². The molecule has 1 heterocycles. The summed E-state index contributed by atoms with van der Waals surface area (Å²) in [6, 6.07) is 0. The van der Waals surface area contributed by atoms with Crippen LogP contribution in [-0.2, 0) is 0 Å². The van der Waals surface area contributed by atoms with Crippen LogP contribution in [0.5, 0.6) is 0 Å². The third kappa shape index (κ3) is 2.35. The second-order valence-electron chi connectivity index (χ2n) is 2.64. The molecule has 0 unspecified atom stereocenters. The second kappa shape index (κ2) is 3.89. The molecule has 1 fully saturated rings. The summed E-state index contributed by atoms with van der Waals surface area (Å²) in [5, 5.41) is 0. The van der Waals surface area contributed by atoms with E-state index in [1.807, 2.05) is 0 Å². The molecule has 0 aromatic rings. The first-order valence-corrected chi connectivity index (χ1v) is 3.36. The summed E-state index contributed by atoms with van der Waals surface area (Å²) < 4.78 is 2.44. The Bertz CT molecular complexity index is 106. The number of hydrogen-bond acceptors (Lipinski definition) is 0. The van der Waals surface area contributed by atoms with Gasteiger partial charge in [-0.25, -0.2) is 4.58 Å². The average molecular weight is 148 g/mol. The van der Waals surface area contributed by atoms with Gasteiger partial charge >= 0.3 is 0 Å². The van der Waals surface area contributed by atoms with E-state index in [0.29, 0.717) is 0 Å². The summed E-state index contributed by atoms with van der Waals surface area (Å²) in [5.41, 5.74) is 1.47. The third-order valence-electron chi connectivity index (χ3n) is 1.74. The lowest BCUT2D eigenvalue weighted by Crippen LogP contribution is -3.00. The van der Waals surface area contributed by atoms with Gasteiger partial charge in [-0.1, -0.05) is 0 Å². The van der Waals surface area contributed by atoms with Crippen molar-refractivity contribution in [3.05, 3.63) is 0 Å². The van der Waals surface area contributed by atoms with Crippen LogP contribution in [0.3, 0.4) is 0 Å². The van der Waals surface area contributed by atoms with Gasteiger partial charge in [0.15, 0.2) is 0 Å². The minimum absolute atomic E-state index is 0. The molecule has 2 heteroatoms. The minimum Gasteiger partial charge on any atom is -1.00 e. The van der Waals surface area contributed by atoms with Crippen molar-refractivity contribution < 1.29 is 17.0 Å². The molecule has 1 aliphatic heterocycles. The molecule has 0 radical (unpaired) electrons. The van der Waals surface area contributed by atoms with Gasteiger partial charge in [0.05, 0.1) is 0 Å². The Morgan fingerprint density at radius 1 is 1.11 bits per heavy atom. The van der Waals surface area contributed by atoms with E-state index in [-0.39, 0.29) is 12.4 Å². The molecule has 0 aromatic heterocycles. The van der Waals surface area contributed by atoms with Crippen LogP contribution >= 0.6 is 0 Å². The minimum atomic E-state index is 0. The Morgan fingerprint density at radius 3 is 1.78 bits per heavy atom. The van der Waals surface area contributed by atoms with Crippen molar-refractivity contribution in [2.45, 2.75) is 26.7 Å². The zero-order valence-corrected chi connectivity index (χ0v) is 6.91. The molecule has 54 valence electrons. The van der Waals surface area contributed by atoms with Crippen LogP contribution < -0.4 is 12.4 Å². The lowest BCUT2D eigenvalue weighted by Gasteiger charge is -1.90. The lowest BCUT2D eigenvalue weighted by atomic mass is 10.4. The third-order valence-corrected chi connectivity index (χ3v) is 1.74. The van der Waals surface area contributed by atoms with E-state index in [0.717, 1.165) is 0 Å². The van der Waals surface area contributed by atoms with Gasteiger partial charge < -0.3 is 12.4 Å². The summed E-state index contributed by atoms with van der Waals surface area (Å²) >= 11 is 0. The molecule has 0 aromatic carbocycles. The monoisotopic (exact) mass is 147 g/mol. The normalized spacial score (nSPS) is 17.3. The second-order valence-corrected chi connectivity index (χ2v) is 2.64. The molecule has 9 heavy (non-hydrogen) atoms. The van der Waals surface area contributed by atoms with E-state index in [9.17, 15) is 0 Å². The number of nitrogens with zero attached hydrogens (tertiary/aromatic N) is 1. The Labute approximate surface area is 63.2 Å². The number of halogens is 1. The fourth-order valence-electron chi connectivity index (χ4n) is 1.16. The predicted molar refractivity (Wildman–Crippen MR) is 35.6 cm³/mol. The fraction of sp³-hybridized carbons (Fsp3) is 0.857. The molecule has 1 aliphatic rings. The first-order chi connectivity index (χ1) is 3.80. The highest BCUT2D eigenvalue weighted by atomic mass is 35.5. The number of hydrogen-bond donors (Lipinski definition) is 0. The smallest absolute Gasteiger partial charge is 0.146 e. The summed E-state index contributed by atoms with van der Waals surface area (Å²) in [6.45, 7) is 6.96. The highest BCUT2D eigenvalue weighted by Gasteiger charge is 2.12. The quantitative estimate of drug-likeness (QED) is 0.359. The topological polar surface area (TPSA) is 3.01 Å². The molecule has 1 rings (SSSR count). The standard InChI is InChI=1S/C7H14N.ClH/c1-7(2)8-5-3-4-6-8;/h3-6H2,1-2H3;1H/q+1;/p-1. The van der Waals surface area contributed by atoms with Crippen LogP contribution in [-0.4, -0.2) is 23.4 Å². The summed E-state index contributed by atoms with van der Waals surface area (Å²) in [7, 11) is 0. The van der Waals surface area contributed by atoms with Crippen LogP contribution in [0.15, 0.2) is 0 Å². The first kappa shape index (κ1) is 8.96. The molecule has 1 saturated heterocycles. The van der Waals surface area contributed by atoms with Crippen LogP contribution in [0.2, 0.25) is 0 Å². The maximum Gasteiger partial charge on any atom is 0.146 e. The Balaban J connectivity index is 0.000000640. The molecule has 0 spiro atoms. The van der Waals surface area contributed by atoms with E-state index >= 15 is 0 Å². The van der Waals surface area contributed by atoms with E-state index in [1.165, 1.54) is 31.6 Å². The fourth-order valence-corrected chi connectivity index (χ4v) is 1.16. The van der Waals surface area contributed by atoms with Gasteiger partial charge in [-0.2, -0.15) is 0 Å². The Hall–Kier alpha value is -0.0400. The van der Waals surface area contributed by atoms with E-state index < -0.39 is 0 Å². The highest BCUT2D eigenvalue weighted by Crippen LogP contribution is 2.01. The molecular weight excluding hydrogens is 134 g/mol. The molecule has 0 saturated carbocycles. The van der Waals surface area contributed by atoms with Crippen molar-refractivity contribution in [3.63, 3.8) is 0 Å². The van der Waals surface area contributed by atoms with Crippen molar-refractivity contribution in [3.8, 4) is 0 Å². The summed E-state index contributed by atoms with van der Waals surface area (Å²) in [6.07, 6.45) is 2.79. The van der Waals surface area contributed by atoms with Crippen molar-refractivity contribution in [2.24, 2.45) is 0 Å². The zero-order chi connectivity index (χ0) is 5.98. The van der Waals surface area contributed by atoms with Gasteiger partial charge in [0.2, 0.25) is 0 Å². The van der Waals surface area contributed by atoms with E-state index in [4.69, 9.17) is 0 Å².